The van der Waals surface area contributed by atoms with Gasteiger partial charge in [0.1, 0.15) is 5.75 Å². The summed E-state index contributed by atoms with van der Waals surface area (Å²) in [5.74, 6) is -0.105. The fourth-order valence-corrected chi connectivity index (χ4v) is 6.55. The third-order valence-corrected chi connectivity index (χ3v) is 9.52. The van der Waals surface area contributed by atoms with Crippen LogP contribution in [0.2, 0.25) is 0 Å². The summed E-state index contributed by atoms with van der Waals surface area (Å²) in [6.45, 7) is 7.24. The Labute approximate surface area is 283 Å². The first-order valence-corrected chi connectivity index (χ1v) is 17.3. The normalized spacial score (nSPS) is 22.8. The quantitative estimate of drug-likeness (QED) is 0.309. The van der Waals surface area contributed by atoms with Crippen molar-refractivity contribution < 1.29 is 37.3 Å². The van der Waals surface area contributed by atoms with Crippen LogP contribution in [0.3, 0.4) is 0 Å². The second kappa shape index (κ2) is 17.5. The number of aliphatic hydroxyl groups excluding tert-OH is 1. The average molecular weight is 676 g/mol. The zero-order valence-electron chi connectivity index (χ0n) is 28.7. The first kappa shape index (κ1) is 37.7. The summed E-state index contributed by atoms with van der Waals surface area (Å²) in [4.78, 5) is 31.1. The van der Waals surface area contributed by atoms with E-state index in [1.165, 1.54) is 12.1 Å². The van der Waals surface area contributed by atoms with E-state index in [1.54, 1.807) is 30.0 Å². The van der Waals surface area contributed by atoms with Crippen LogP contribution in [0.4, 0.5) is 18.9 Å². The fraction of sp³-hybridized carbons (Fsp3) is 0.622. The van der Waals surface area contributed by atoms with Crippen LogP contribution in [-0.4, -0.2) is 78.3 Å². The molecule has 266 valence electrons. The summed E-state index contributed by atoms with van der Waals surface area (Å²) in [6, 6.07) is 9.88. The summed E-state index contributed by atoms with van der Waals surface area (Å²) in [6.07, 6.45) is 2.51. The minimum atomic E-state index is -4.39. The number of amides is 2. The van der Waals surface area contributed by atoms with Crippen LogP contribution in [0.15, 0.2) is 42.5 Å². The zero-order chi connectivity index (χ0) is 34.8. The Hall–Kier alpha value is -3.15. The van der Waals surface area contributed by atoms with Crippen LogP contribution in [-0.2, 0) is 22.3 Å². The predicted octanol–water partition coefficient (Wildman–Crippen LogP) is 7.15. The SMILES string of the molecule is C[C@@H]1CN([C@H](C)CO)C(=O)c2cc(NC(=O)C3CCCCC3)ccc2O[C@@H](C)CCCCO[C@H]1CN(C)Cc1ccc(C(F)(F)F)cc1. The number of nitrogens with zero attached hydrogens (tertiary/aromatic N) is 2. The Bertz CT molecular complexity index is 1330. The van der Waals surface area contributed by atoms with Gasteiger partial charge in [-0.1, -0.05) is 38.3 Å². The fourth-order valence-electron chi connectivity index (χ4n) is 6.55. The van der Waals surface area contributed by atoms with Crippen molar-refractivity contribution in [1.29, 1.82) is 0 Å². The first-order chi connectivity index (χ1) is 22.8. The van der Waals surface area contributed by atoms with E-state index in [2.05, 4.69) is 5.32 Å². The smallest absolute Gasteiger partial charge is 0.416 e. The monoisotopic (exact) mass is 675 g/mol. The minimum Gasteiger partial charge on any atom is -0.490 e. The van der Waals surface area contributed by atoms with Gasteiger partial charge >= 0.3 is 6.18 Å². The molecular formula is C37H52F3N3O5. The van der Waals surface area contributed by atoms with Crippen LogP contribution >= 0.6 is 0 Å². The van der Waals surface area contributed by atoms with Crippen molar-refractivity contribution in [2.24, 2.45) is 11.8 Å². The number of benzene rings is 2. The number of carbonyl (C=O) groups excluding carboxylic acids is 2. The highest BCUT2D eigenvalue weighted by Crippen LogP contribution is 2.31. The summed E-state index contributed by atoms with van der Waals surface area (Å²) in [5.41, 5.74) is 0.928. The predicted molar refractivity (Wildman–Crippen MR) is 180 cm³/mol. The van der Waals surface area contributed by atoms with Crippen LogP contribution < -0.4 is 10.1 Å². The maximum absolute atomic E-state index is 14.4. The van der Waals surface area contributed by atoms with Gasteiger partial charge in [0.25, 0.3) is 5.91 Å². The molecule has 11 heteroatoms. The Balaban J connectivity index is 1.56. The number of anilines is 1. The largest absolute Gasteiger partial charge is 0.490 e. The second-order valence-corrected chi connectivity index (χ2v) is 13.7. The molecule has 1 fully saturated rings. The molecule has 8 nitrogen and oxygen atoms in total. The summed E-state index contributed by atoms with van der Waals surface area (Å²) >= 11 is 0. The summed E-state index contributed by atoms with van der Waals surface area (Å²) in [5, 5.41) is 13.3. The third-order valence-electron chi connectivity index (χ3n) is 9.52. The van der Waals surface area contributed by atoms with E-state index in [1.807, 2.05) is 25.8 Å². The van der Waals surface area contributed by atoms with E-state index >= 15 is 0 Å². The van der Waals surface area contributed by atoms with Crippen molar-refractivity contribution >= 4 is 17.5 Å². The van der Waals surface area contributed by atoms with Crippen molar-refractivity contribution in [3.05, 3.63) is 59.2 Å². The number of halogens is 3. The van der Waals surface area contributed by atoms with Gasteiger partial charge in [-0.3, -0.25) is 14.5 Å². The average Bonchev–Trinajstić information content (AvgIpc) is 3.06. The molecule has 2 aliphatic rings. The molecule has 2 aromatic carbocycles. The maximum Gasteiger partial charge on any atom is 0.416 e. The number of hydrogen-bond donors (Lipinski definition) is 2. The molecule has 0 aromatic heterocycles. The second-order valence-electron chi connectivity index (χ2n) is 13.7. The number of rotatable bonds is 8. The highest BCUT2D eigenvalue weighted by Gasteiger charge is 2.32. The molecule has 0 saturated heterocycles. The Kier molecular flexibility index (Phi) is 13.7. The Morgan fingerprint density at radius 3 is 2.40 bits per heavy atom. The summed E-state index contributed by atoms with van der Waals surface area (Å²) in [7, 11) is 1.90. The van der Waals surface area contributed by atoms with Gasteiger partial charge in [0.15, 0.2) is 0 Å². The molecular weight excluding hydrogens is 623 g/mol. The zero-order valence-corrected chi connectivity index (χ0v) is 28.7. The number of aliphatic hydroxyl groups is 1. The van der Waals surface area contributed by atoms with Gasteiger partial charge in [-0.25, -0.2) is 0 Å². The molecule has 2 N–H and O–H groups in total. The topological polar surface area (TPSA) is 91.3 Å². The van der Waals surface area contributed by atoms with E-state index in [0.717, 1.165) is 69.1 Å². The van der Waals surface area contributed by atoms with Gasteiger partial charge in [0, 0.05) is 43.8 Å². The van der Waals surface area contributed by atoms with Gasteiger partial charge < -0.3 is 24.8 Å². The highest BCUT2D eigenvalue weighted by molar-refractivity contribution is 6.00. The summed E-state index contributed by atoms with van der Waals surface area (Å²) < 4.78 is 51.9. The molecule has 0 spiro atoms. The Morgan fingerprint density at radius 2 is 1.73 bits per heavy atom. The molecule has 0 unspecified atom stereocenters. The van der Waals surface area contributed by atoms with Gasteiger partial charge in [-0.15, -0.1) is 0 Å². The molecule has 4 rings (SSSR count). The van der Waals surface area contributed by atoms with Gasteiger partial charge in [-0.2, -0.15) is 13.2 Å². The number of ether oxygens (including phenoxy) is 2. The molecule has 48 heavy (non-hydrogen) atoms. The number of carbonyl (C=O) groups is 2. The van der Waals surface area contributed by atoms with Crippen LogP contribution in [0.25, 0.3) is 0 Å². The van der Waals surface area contributed by atoms with Crippen molar-refractivity contribution in [1.82, 2.24) is 9.80 Å². The highest BCUT2D eigenvalue weighted by atomic mass is 19.4. The lowest BCUT2D eigenvalue weighted by molar-refractivity contribution is -0.137. The first-order valence-electron chi connectivity index (χ1n) is 17.3. The van der Waals surface area contributed by atoms with Gasteiger partial charge in [-0.05, 0) is 88.9 Å². The molecule has 4 atom stereocenters. The molecule has 1 saturated carbocycles. The van der Waals surface area contributed by atoms with Crippen molar-refractivity contribution in [3.63, 3.8) is 0 Å². The number of alkyl halides is 3. The van der Waals surface area contributed by atoms with E-state index in [-0.39, 0.29) is 49.0 Å². The van der Waals surface area contributed by atoms with Crippen LogP contribution in [0, 0.1) is 11.8 Å². The molecule has 0 radical (unpaired) electrons. The van der Waals surface area contributed by atoms with Crippen LogP contribution in [0.1, 0.15) is 93.6 Å². The van der Waals surface area contributed by atoms with Crippen molar-refractivity contribution in [2.75, 3.05) is 38.7 Å². The van der Waals surface area contributed by atoms with E-state index in [0.29, 0.717) is 36.7 Å². The third kappa shape index (κ3) is 10.7. The maximum atomic E-state index is 14.4. The van der Waals surface area contributed by atoms with E-state index in [4.69, 9.17) is 9.47 Å². The number of likely N-dealkylation sites (N-methyl/N-ethyl adjacent to an activating group) is 1. The number of hydrogen-bond acceptors (Lipinski definition) is 6. The van der Waals surface area contributed by atoms with E-state index in [9.17, 15) is 27.9 Å². The molecule has 1 aliphatic carbocycles. The van der Waals surface area contributed by atoms with E-state index < -0.39 is 17.8 Å². The number of fused-ring (bicyclic) bond motifs is 1. The molecule has 1 aliphatic heterocycles. The standard InChI is InChI=1S/C37H52F3N3O5/c1-25-21-43(26(2)24-44)36(46)32-20-31(41-35(45)29-11-6-5-7-12-29)17-18-33(32)48-27(3)10-8-9-19-47-34(25)23-42(4)22-28-13-15-30(16-14-28)37(38,39)40/h13-18,20,25-27,29,34,44H,5-12,19,21-24H2,1-4H3,(H,41,45)/t25-,26-,27+,34+/m1/s1. The lowest BCUT2D eigenvalue weighted by Gasteiger charge is -2.36. The minimum absolute atomic E-state index is 0.0353. The van der Waals surface area contributed by atoms with Crippen molar-refractivity contribution in [3.8, 4) is 5.75 Å². The molecule has 2 aromatic rings. The lowest BCUT2D eigenvalue weighted by Crippen LogP contribution is -2.47. The number of nitrogens with one attached hydrogen (secondary N) is 1. The lowest BCUT2D eigenvalue weighted by atomic mass is 9.88. The Morgan fingerprint density at radius 1 is 1.04 bits per heavy atom. The van der Waals surface area contributed by atoms with Crippen molar-refractivity contribution in [2.45, 2.75) is 103 Å². The van der Waals surface area contributed by atoms with Crippen LogP contribution in [0.5, 0.6) is 5.75 Å². The molecule has 1 heterocycles. The van der Waals surface area contributed by atoms with Gasteiger partial charge in [0.2, 0.25) is 5.91 Å². The van der Waals surface area contributed by atoms with Gasteiger partial charge in [0.05, 0.1) is 36.0 Å². The molecule has 0 bridgehead atoms. The molecule has 2 amide bonds.